The van der Waals surface area contributed by atoms with Gasteiger partial charge in [-0.05, 0) is 45.3 Å². The van der Waals surface area contributed by atoms with Crippen molar-refractivity contribution < 1.29 is 9.90 Å². The first kappa shape index (κ1) is 10.9. The molecular weight excluding hydrogens is 192 g/mol. The fraction of sp³-hybridized carbons (Fsp3) is 0.909. The maximum atomic E-state index is 11.1. The molecule has 86 valence electrons. The summed E-state index contributed by atoms with van der Waals surface area (Å²) in [5.41, 5.74) is 0. The predicted octanol–water partition coefficient (Wildman–Crippen LogP) is 0.677. The molecule has 4 nitrogen and oxygen atoms in total. The number of hydrogen-bond donors (Lipinski definition) is 2. The van der Waals surface area contributed by atoms with Crippen LogP contribution < -0.4 is 5.32 Å². The summed E-state index contributed by atoms with van der Waals surface area (Å²) < 4.78 is 0. The number of aliphatic carboxylic acids is 1. The number of carboxylic acids is 1. The zero-order chi connectivity index (χ0) is 10.7. The first-order valence-corrected chi connectivity index (χ1v) is 5.99. The van der Waals surface area contributed by atoms with Crippen molar-refractivity contribution in [2.75, 3.05) is 19.6 Å². The number of nitrogens with zero attached hydrogens (tertiary/aromatic N) is 1. The lowest BCUT2D eigenvalue weighted by Crippen LogP contribution is -2.58. The lowest BCUT2D eigenvalue weighted by Gasteiger charge is -2.40. The van der Waals surface area contributed by atoms with E-state index in [4.69, 9.17) is 5.11 Å². The monoisotopic (exact) mass is 212 g/mol. The summed E-state index contributed by atoms with van der Waals surface area (Å²) in [7, 11) is 0. The van der Waals surface area contributed by atoms with Crippen LogP contribution in [-0.2, 0) is 4.79 Å². The molecule has 0 aromatic heterocycles. The van der Waals surface area contributed by atoms with Crippen LogP contribution in [0.5, 0.6) is 0 Å². The minimum Gasteiger partial charge on any atom is -0.480 e. The average molecular weight is 212 g/mol. The Hall–Kier alpha value is -0.610. The Balaban J connectivity index is 1.99. The SMILES string of the molecule is O=C(O)C1NCCCC1N1CCCCC1. The maximum absolute atomic E-state index is 11.1. The van der Waals surface area contributed by atoms with Gasteiger partial charge in [0, 0.05) is 6.04 Å². The third-order valence-electron chi connectivity index (χ3n) is 3.55. The maximum Gasteiger partial charge on any atom is 0.322 e. The molecule has 2 unspecified atom stereocenters. The van der Waals surface area contributed by atoms with E-state index in [9.17, 15) is 4.79 Å². The molecule has 2 aliphatic heterocycles. The molecule has 0 aliphatic carbocycles. The third kappa shape index (κ3) is 2.49. The molecule has 2 heterocycles. The minimum absolute atomic E-state index is 0.219. The molecule has 0 radical (unpaired) electrons. The van der Waals surface area contributed by atoms with E-state index in [0.717, 1.165) is 32.5 Å². The molecule has 2 aliphatic rings. The highest BCUT2D eigenvalue weighted by Gasteiger charge is 2.34. The lowest BCUT2D eigenvalue weighted by atomic mass is 9.95. The van der Waals surface area contributed by atoms with Gasteiger partial charge in [-0.3, -0.25) is 9.69 Å². The zero-order valence-corrected chi connectivity index (χ0v) is 9.11. The molecule has 4 heteroatoms. The van der Waals surface area contributed by atoms with E-state index in [1.54, 1.807) is 0 Å². The van der Waals surface area contributed by atoms with Gasteiger partial charge in [-0.15, -0.1) is 0 Å². The second-order valence-electron chi connectivity index (χ2n) is 4.58. The average Bonchev–Trinajstić information content (AvgIpc) is 2.30. The van der Waals surface area contributed by atoms with Crippen LogP contribution in [0.3, 0.4) is 0 Å². The van der Waals surface area contributed by atoms with Crippen LogP contribution in [0.1, 0.15) is 32.1 Å². The number of nitrogens with one attached hydrogen (secondary N) is 1. The topological polar surface area (TPSA) is 52.6 Å². The van der Waals surface area contributed by atoms with Gasteiger partial charge in [0.05, 0.1) is 0 Å². The van der Waals surface area contributed by atoms with Crippen LogP contribution in [0.2, 0.25) is 0 Å². The highest BCUT2D eigenvalue weighted by molar-refractivity contribution is 5.74. The summed E-state index contributed by atoms with van der Waals surface area (Å²) in [6.45, 7) is 3.01. The van der Waals surface area contributed by atoms with Crippen molar-refractivity contribution in [1.82, 2.24) is 10.2 Å². The zero-order valence-electron chi connectivity index (χ0n) is 9.11. The second-order valence-corrected chi connectivity index (χ2v) is 4.58. The second kappa shape index (κ2) is 4.94. The Bertz CT molecular complexity index is 227. The summed E-state index contributed by atoms with van der Waals surface area (Å²) in [5, 5.41) is 12.3. The van der Waals surface area contributed by atoms with Crippen molar-refractivity contribution in [3.05, 3.63) is 0 Å². The smallest absolute Gasteiger partial charge is 0.322 e. The Kier molecular flexibility index (Phi) is 3.59. The van der Waals surface area contributed by atoms with Crippen LogP contribution in [0.15, 0.2) is 0 Å². The Labute approximate surface area is 90.6 Å². The van der Waals surface area contributed by atoms with E-state index in [1.807, 2.05) is 0 Å². The Morgan fingerprint density at radius 3 is 2.60 bits per heavy atom. The molecule has 2 N–H and O–H groups in total. The molecule has 2 rings (SSSR count). The Morgan fingerprint density at radius 1 is 1.20 bits per heavy atom. The molecule has 0 bridgehead atoms. The van der Waals surface area contributed by atoms with E-state index in [0.29, 0.717) is 0 Å². The fourth-order valence-electron chi connectivity index (χ4n) is 2.77. The predicted molar refractivity (Wildman–Crippen MR) is 57.9 cm³/mol. The standard InChI is InChI=1S/C11H20N2O2/c14-11(15)10-9(5-4-6-12-10)13-7-2-1-3-8-13/h9-10,12H,1-8H2,(H,14,15). The van der Waals surface area contributed by atoms with E-state index in [-0.39, 0.29) is 12.1 Å². The number of carboxylic acid groups (broad SMARTS) is 1. The number of rotatable bonds is 2. The normalized spacial score (nSPS) is 33.9. The first-order valence-electron chi connectivity index (χ1n) is 5.99. The molecule has 2 fully saturated rings. The number of hydrogen-bond acceptors (Lipinski definition) is 3. The van der Waals surface area contributed by atoms with Gasteiger partial charge in [-0.1, -0.05) is 6.42 Å². The van der Waals surface area contributed by atoms with Gasteiger partial charge in [0.25, 0.3) is 0 Å². The van der Waals surface area contributed by atoms with Gasteiger partial charge in [0.1, 0.15) is 6.04 Å². The minimum atomic E-state index is -0.690. The van der Waals surface area contributed by atoms with Crippen LogP contribution in [0.4, 0.5) is 0 Å². The number of piperidine rings is 2. The summed E-state index contributed by atoms with van der Waals surface area (Å²) in [6.07, 6.45) is 5.88. The van der Waals surface area contributed by atoms with Gasteiger partial charge in [0.2, 0.25) is 0 Å². The molecule has 15 heavy (non-hydrogen) atoms. The molecular formula is C11H20N2O2. The molecule has 0 amide bonds. The highest BCUT2D eigenvalue weighted by Crippen LogP contribution is 2.20. The van der Waals surface area contributed by atoms with Crippen LogP contribution in [0, 0.1) is 0 Å². The summed E-state index contributed by atoms with van der Waals surface area (Å²) in [6, 6.07) is -0.131. The van der Waals surface area contributed by atoms with Gasteiger partial charge in [0.15, 0.2) is 0 Å². The van der Waals surface area contributed by atoms with Crippen LogP contribution in [0.25, 0.3) is 0 Å². The van der Waals surface area contributed by atoms with Crippen LogP contribution in [-0.4, -0.2) is 47.7 Å². The summed E-state index contributed by atoms with van der Waals surface area (Å²) in [4.78, 5) is 13.5. The van der Waals surface area contributed by atoms with Gasteiger partial charge in [-0.25, -0.2) is 0 Å². The van der Waals surface area contributed by atoms with Gasteiger partial charge < -0.3 is 10.4 Å². The van der Waals surface area contributed by atoms with Crippen molar-refractivity contribution in [3.63, 3.8) is 0 Å². The summed E-state index contributed by atoms with van der Waals surface area (Å²) in [5.74, 6) is -0.690. The Morgan fingerprint density at radius 2 is 1.93 bits per heavy atom. The van der Waals surface area contributed by atoms with Crippen molar-refractivity contribution in [1.29, 1.82) is 0 Å². The third-order valence-corrected chi connectivity index (χ3v) is 3.55. The summed E-state index contributed by atoms with van der Waals surface area (Å²) >= 11 is 0. The van der Waals surface area contributed by atoms with Crippen molar-refractivity contribution in [2.24, 2.45) is 0 Å². The fourth-order valence-corrected chi connectivity index (χ4v) is 2.77. The lowest BCUT2D eigenvalue weighted by molar-refractivity contribution is -0.142. The van der Waals surface area contributed by atoms with E-state index < -0.39 is 5.97 Å². The van der Waals surface area contributed by atoms with Gasteiger partial charge in [-0.2, -0.15) is 0 Å². The van der Waals surface area contributed by atoms with E-state index >= 15 is 0 Å². The molecule has 2 atom stereocenters. The van der Waals surface area contributed by atoms with E-state index in [1.165, 1.54) is 19.3 Å². The highest BCUT2D eigenvalue weighted by atomic mass is 16.4. The quantitative estimate of drug-likeness (QED) is 0.706. The van der Waals surface area contributed by atoms with Crippen LogP contribution >= 0.6 is 0 Å². The molecule has 0 aromatic rings. The van der Waals surface area contributed by atoms with Gasteiger partial charge >= 0.3 is 5.97 Å². The van der Waals surface area contributed by atoms with Crippen molar-refractivity contribution in [3.8, 4) is 0 Å². The molecule has 0 aromatic carbocycles. The largest absolute Gasteiger partial charge is 0.480 e. The molecule has 0 saturated carbocycles. The first-order chi connectivity index (χ1) is 7.29. The molecule has 2 saturated heterocycles. The number of carbonyl (C=O) groups is 1. The van der Waals surface area contributed by atoms with Crippen molar-refractivity contribution >= 4 is 5.97 Å². The molecule has 0 spiro atoms. The number of likely N-dealkylation sites (tertiary alicyclic amines) is 1. The van der Waals surface area contributed by atoms with E-state index in [2.05, 4.69) is 10.2 Å². The van der Waals surface area contributed by atoms with Crippen molar-refractivity contribution in [2.45, 2.75) is 44.2 Å².